The minimum Gasteiger partial charge on any atom is -0.460 e. The standard InChI is InChI=1S/C30H35N3O6S/c1-29(2,3)38-25(34)17-21(26(31)35)18-9-11-19(12-10-18)27(36)32-23-16-20(24-8-7-15-40-24)13-14-22(23)33-28(37)39-30(4,5)6/h7-16,21H,17H2,1-6H3,(H2,31,35)(H,32,36)(H,33,37). The summed E-state index contributed by atoms with van der Waals surface area (Å²) in [5.41, 5.74) is 6.57. The summed E-state index contributed by atoms with van der Waals surface area (Å²) in [6, 6.07) is 15.4. The first-order chi connectivity index (χ1) is 18.6. The number of benzene rings is 2. The number of carbonyl (C=O) groups excluding carboxylic acids is 4. The second kappa shape index (κ2) is 12.3. The van der Waals surface area contributed by atoms with Crippen LogP contribution in [-0.2, 0) is 19.1 Å². The Hall–Kier alpha value is -4.18. The first-order valence-electron chi connectivity index (χ1n) is 12.7. The topological polar surface area (TPSA) is 137 Å². The number of hydrogen-bond donors (Lipinski definition) is 3. The Morgan fingerprint density at radius 3 is 2.05 bits per heavy atom. The summed E-state index contributed by atoms with van der Waals surface area (Å²) >= 11 is 1.55. The molecule has 0 saturated heterocycles. The Kier molecular flexibility index (Phi) is 9.36. The predicted molar refractivity (Wildman–Crippen MR) is 156 cm³/mol. The molecule has 9 nitrogen and oxygen atoms in total. The number of ether oxygens (including phenoxy) is 2. The van der Waals surface area contributed by atoms with Gasteiger partial charge in [-0.15, -0.1) is 11.3 Å². The van der Waals surface area contributed by atoms with Gasteiger partial charge < -0.3 is 20.5 Å². The van der Waals surface area contributed by atoms with Crippen molar-refractivity contribution in [1.29, 1.82) is 0 Å². The molecule has 2 aromatic carbocycles. The van der Waals surface area contributed by atoms with Crippen LogP contribution in [0.25, 0.3) is 10.4 Å². The molecule has 0 spiro atoms. The Morgan fingerprint density at radius 2 is 1.50 bits per heavy atom. The minimum atomic E-state index is -0.904. The van der Waals surface area contributed by atoms with Crippen molar-refractivity contribution in [3.8, 4) is 10.4 Å². The van der Waals surface area contributed by atoms with Crippen molar-refractivity contribution in [2.24, 2.45) is 5.73 Å². The van der Waals surface area contributed by atoms with Gasteiger partial charge in [0.15, 0.2) is 0 Å². The van der Waals surface area contributed by atoms with Gasteiger partial charge in [0.2, 0.25) is 5.91 Å². The summed E-state index contributed by atoms with van der Waals surface area (Å²) in [7, 11) is 0. The van der Waals surface area contributed by atoms with E-state index in [9.17, 15) is 19.2 Å². The van der Waals surface area contributed by atoms with Crippen molar-refractivity contribution in [3.05, 3.63) is 71.1 Å². The van der Waals surface area contributed by atoms with Crippen molar-refractivity contribution >= 4 is 46.6 Å². The van der Waals surface area contributed by atoms with Gasteiger partial charge in [-0.05, 0) is 88.4 Å². The minimum absolute atomic E-state index is 0.215. The first kappa shape index (κ1) is 30.4. The third-order valence-corrected chi connectivity index (χ3v) is 6.34. The molecule has 0 bridgehead atoms. The normalized spacial score (nSPS) is 12.2. The molecule has 1 atom stereocenters. The molecule has 212 valence electrons. The highest BCUT2D eigenvalue weighted by Crippen LogP contribution is 2.32. The second-order valence-corrected chi connectivity index (χ2v) is 12.1. The molecule has 0 aliphatic rings. The maximum atomic E-state index is 13.2. The lowest BCUT2D eigenvalue weighted by Crippen LogP contribution is -2.29. The number of nitrogens with two attached hydrogens (primary N) is 1. The monoisotopic (exact) mass is 565 g/mol. The van der Waals surface area contributed by atoms with E-state index in [-0.39, 0.29) is 6.42 Å². The molecular formula is C30H35N3O6S. The van der Waals surface area contributed by atoms with Crippen LogP contribution >= 0.6 is 11.3 Å². The fourth-order valence-electron chi connectivity index (χ4n) is 3.76. The van der Waals surface area contributed by atoms with Crippen LogP contribution in [-0.4, -0.2) is 35.1 Å². The highest BCUT2D eigenvalue weighted by atomic mass is 32.1. The van der Waals surface area contributed by atoms with E-state index in [1.807, 2.05) is 23.6 Å². The first-order valence-corrected chi connectivity index (χ1v) is 13.6. The molecule has 0 aliphatic carbocycles. The van der Waals surface area contributed by atoms with Crippen LogP contribution in [0.5, 0.6) is 0 Å². The van der Waals surface area contributed by atoms with E-state index < -0.39 is 41.0 Å². The number of esters is 1. The maximum Gasteiger partial charge on any atom is 0.412 e. The molecule has 0 fully saturated rings. The molecule has 3 amide bonds. The molecule has 10 heteroatoms. The smallest absolute Gasteiger partial charge is 0.412 e. The van der Waals surface area contributed by atoms with Crippen LogP contribution in [0.4, 0.5) is 16.2 Å². The van der Waals surface area contributed by atoms with Gasteiger partial charge in [0.05, 0.1) is 23.7 Å². The van der Waals surface area contributed by atoms with Crippen LogP contribution < -0.4 is 16.4 Å². The molecule has 40 heavy (non-hydrogen) atoms. The van der Waals surface area contributed by atoms with Crippen LogP contribution in [0.1, 0.15) is 69.8 Å². The zero-order valence-electron chi connectivity index (χ0n) is 23.5. The number of nitrogens with one attached hydrogen (secondary N) is 2. The molecule has 1 heterocycles. The fraction of sp³-hybridized carbons (Fsp3) is 0.333. The van der Waals surface area contributed by atoms with E-state index in [2.05, 4.69) is 10.6 Å². The SMILES string of the molecule is CC(C)(C)OC(=O)CC(C(N)=O)c1ccc(C(=O)Nc2cc(-c3cccs3)ccc2NC(=O)OC(C)(C)C)cc1. The third-order valence-electron chi connectivity index (χ3n) is 5.42. The van der Waals surface area contributed by atoms with Crippen LogP contribution in [0, 0.1) is 0 Å². The molecule has 4 N–H and O–H groups in total. The second-order valence-electron chi connectivity index (χ2n) is 11.2. The van der Waals surface area contributed by atoms with Crippen LogP contribution in [0.2, 0.25) is 0 Å². The van der Waals surface area contributed by atoms with Gasteiger partial charge >= 0.3 is 12.1 Å². The number of amides is 3. The van der Waals surface area contributed by atoms with E-state index in [0.29, 0.717) is 22.5 Å². The number of primary amides is 1. The molecule has 0 aliphatic heterocycles. The van der Waals surface area contributed by atoms with Crippen molar-refractivity contribution < 1.29 is 28.7 Å². The lowest BCUT2D eigenvalue weighted by molar-refractivity contribution is -0.156. The molecule has 1 unspecified atom stereocenters. The quantitative estimate of drug-likeness (QED) is 0.274. The number of anilines is 2. The zero-order valence-corrected chi connectivity index (χ0v) is 24.3. The summed E-state index contributed by atoms with van der Waals surface area (Å²) in [4.78, 5) is 51.0. The highest BCUT2D eigenvalue weighted by molar-refractivity contribution is 7.13. The molecule has 3 rings (SSSR count). The maximum absolute atomic E-state index is 13.2. The van der Waals surface area contributed by atoms with Gasteiger partial charge in [-0.2, -0.15) is 0 Å². The van der Waals surface area contributed by atoms with E-state index in [0.717, 1.165) is 10.4 Å². The zero-order chi connectivity index (χ0) is 29.7. The van der Waals surface area contributed by atoms with Crippen molar-refractivity contribution in [3.63, 3.8) is 0 Å². The molecule has 1 aromatic heterocycles. The summed E-state index contributed by atoms with van der Waals surface area (Å²) in [5.74, 6) is -2.57. The van der Waals surface area contributed by atoms with Gasteiger partial charge in [0.25, 0.3) is 5.91 Å². The number of thiophene rings is 1. The van der Waals surface area contributed by atoms with E-state index in [4.69, 9.17) is 15.2 Å². The average molecular weight is 566 g/mol. The fourth-order valence-corrected chi connectivity index (χ4v) is 4.48. The van der Waals surface area contributed by atoms with Gasteiger partial charge in [-0.3, -0.25) is 19.7 Å². The average Bonchev–Trinajstić information content (AvgIpc) is 3.36. The van der Waals surface area contributed by atoms with E-state index >= 15 is 0 Å². The molecule has 0 radical (unpaired) electrons. The third kappa shape index (κ3) is 8.94. The summed E-state index contributed by atoms with van der Waals surface area (Å²) < 4.78 is 10.7. The summed E-state index contributed by atoms with van der Waals surface area (Å²) in [5, 5.41) is 7.50. The van der Waals surface area contributed by atoms with Gasteiger partial charge in [-0.25, -0.2) is 4.79 Å². The molecule has 3 aromatic rings. The number of hydrogen-bond acceptors (Lipinski definition) is 7. The van der Waals surface area contributed by atoms with E-state index in [1.54, 1.807) is 89.3 Å². The lowest BCUT2D eigenvalue weighted by Gasteiger charge is -2.21. The Balaban J connectivity index is 1.82. The van der Waals surface area contributed by atoms with Gasteiger partial charge in [0, 0.05) is 10.4 Å². The molecular weight excluding hydrogens is 530 g/mol. The Labute approximate surface area is 238 Å². The Morgan fingerprint density at radius 1 is 0.850 bits per heavy atom. The summed E-state index contributed by atoms with van der Waals surface area (Å²) in [6.07, 6.45) is -0.869. The van der Waals surface area contributed by atoms with Gasteiger partial charge in [-0.1, -0.05) is 24.3 Å². The summed E-state index contributed by atoms with van der Waals surface area (Å²) in [6.45, 7) is 10.5. The lowest BCUT2D eigenvalue weighted by atomic mass is 9.94. The van der Waals surface area contributed by atoms with E-state index in [1.165, 1.54) is 0 Å². The van der Waals surface area contributed by atoms with Crippen molar-refractivity contribution in [2.75, 3.05) is 10.6 Å². The highest BCUT2D eigenvalue weighted by Gasteiger charge is 2.26. The number of carbonyl (C=O) groups is 4. The van der Waals surface area contributed by atoms with Crippen LogP contribution in [0.15, 0.2) is 60.0 Å². The largest absolute Gasteiger partial charge is 0.460 e. The number of rotatable bonds is 8. The Bertz CT molecular complexity index is 1370. The predicted octanol–water partition coefficient (Wildman–Crippen LogP) is 6.32. The molecule has 0 saturated carbocycles. The van der Waals surface area contributed by atoms with Crippen LogP contribution in [0.3, 0.4) is 0 Å². The van der Waals surface area contributed by atoms with Crippen molar-refractivity contribution in [2.45, 2.75) is 65.1 Å². The van der Waals surface area contributed by atoms with Gasteiger partial charge in [0.1, 0.15) is 11.2 Å². The van der Waals surface area contributed by atoms with Crippen molar-refractivity contribution in [1.82, 2.24) is 0 Å².